The quantitative estimate of drug-likeness (QED) is 0.599. The molecule has 1 rings (SSSR count). The van der Waals surface area contributed by atoms with Gasteiger partial charge in [0.2, 0.25) is 0 Å². The number of rotatable bonds is 0. The van der Waals surface area contributed by atoms with Gasteiger partial charge >= 0.3 is 6.09 Å². The predicted molar refractivity (Wildman–Crippen MR) is 48.9 cm³/mol. The van der Waals surface area contributed by atoms with Gasteiger partial charge in [0.15, 0.2) is 0 Å². The lowest BCUT2D eigenvalue weighted by molar-refractivity contribution is 0.107. The monoisotopic (exact) mass is 194 g/mol. The van der Waals surface area contributed by atoms with Crippen molar-refractivity contribution in [1.29, 1.82) is 0 Å². The van der Waals surface area contributed by atoms with E-state index in [1.807, 2.05) is 13.8 Å². The molecule has 1 aliphatic rings. The third-order valence-electron chi connectivity index (χ3n) is 2.01. The Hall–Kier alpha value is -0.480. The maximum atomic E-state index is 10.6. The van der Waals surface area contributed by atoms with Crippen molar-refractivity contribution in [3.63, 3.8) is 0 Å². The highest BCUT2D eigenvalue weighted by atomic mass is 35.5. The molecule has 1 saturated heterocycles. The van der Waals surface area contributed by atoms with Gasteiger partial charge in [-0.05, 0) is 13.8 Å². The Balaban J connectivity index is 0.00000121. The van der Waals surface area contributed by atoms with Crippen molar-refractivity contribution < 1.29 is 9.90 Å². The number of piperazine rings is 1. The van der Waals surface area contributed by atoms with Crippen LogP contribution in [0.25, 0.3) is 0 Å². The number of nitrogens with zero attached hydrogens (tertiary/aromatic N) is 1. The topological polar surface area (TPSA) is 52.6 Å². The Labute approximate surface area is 78.3 Å². The molecule has 0 bridgehead atoms. The number of amides is 1. The summed E-state index contributed by atoms with van der Waals surface area (Å²) in [5.41, 5.74) is 0. The standard InChI is InChI=1S/C7H14N2O2.ClH/c1-5-4-9(7(10)11)6(2)3-8-5;/h5-6,8H,3-4H2,1-2H3,(H,10,11);1H/t5-,6+;/m0./s1. The fourth-order valence-electron chi connectivity index (χ4n) is 1.29. The molecule has 4 nitrogen and oxygen atoms in total. The highest BCUT2D eigenvalue weighted by molar-refractivity contribution is 5.85. The van der Waals surface area contributed by atoms with E-state index in [1.165, 1.54) is 4.90 Å². The van der Waals surface area contributed by atoms with E-state index in [0.717, 1.165) is 6.54 Å². The van der Waals surface area contributed by atoms with Crippen LogP contribution in [0.1, 0.15) is 13.8 Å². The van der Waals surface area contributed by atoms with Gasteiger partial charge in [0.05, 0.1) is 0 Å². The number of carbonyl (C=O) groups is 1. The van der Waals surface area contributed by atoms with Crippen LogP contribution in [0.15, 0.2) is 0 Å². The Morgan fingerprint density at radius 2 is 2.17 bits per heavy atom. The summed E-state index contributed by atoms with van der Waals surface area (Å²) in [7, 11) is 0. The minimum atomic E-state index is -0.814. The lowest BCUT2D eigenvalue weighted by Gasteiger charge is -2.35. The molecule has 1 amide bonds. The SMILES string of the molecule is C[C@@H]1CN[C@@H](C)CN1C(=O)O.Cl. The average molecular weight is 195 g/mol. The fraction of sp³-hybridized carbons (Fsp3) is 0.857. The molecule has 5 heteroatoms. The summed E-state index contributed by atoms with van der Waals surface area (Å²) in [5.74, 6) is 0. The van der Waals surface area contributed by atoms with E-state index < -0.39 is 6.09 Å². The highest BCUT2D eigenvalue weighted by Crippen LogP contribution is 2.05. The number of hydrogen-bond acceptors (Lipinski definition) is 2. The maximum absolute atomic E-state index is 10.6. The van der Waals surface area contributed by atoms with E-state index in [2.05, 4.69) is 5.32 Å². The first-order chi connectivity index (χ1) is 5.11. The zero-order chi connectivity index (χ0) is 8.43. The third kappa shape index (κ3) is 2.53. The molecule has 1 fully saturated rings. The molecule has 12 heavy (non-hydrogen) atoms. The summed E-state index contributed by atoms with van der Waals surface area (Å²) in [6.07, 6.45) is -0.814. The number of hydrogen-bond donors (Lipinski definition) is 2. The van der Waals surface area contributed by atoms with E-state index in [1.54, 1.807) is 0 Å². The number of carboxylic acid groups (broad SMARTS) is 1. The van der Waals surface area contributed by atoms with E-state index >= 15 is 0 Å². The molecule has 2 atom stereocenters. The van der Waals surface area contributed by atoms with E-state index in [-0.39, 0.29) is 24.5 Å². The summed E-state index contributed by atoms with van der Waals surface area (Å²) in [6.45, 7) is 5.25. The van der Waals surface area contributed by atoms with Gasteiger partial charge in [-0.25, -0.2) is 4.79 Å². The summed E-state index contributed by atoms with van der Waals surface area (Å²) in [6, 6.07) is 0.381. The Bertz CT molecular complexity index is 165. The number of halogens is 1. The summed E-state index contributed by atoms with van der Waals surface area (Å²) < 4.78 is 0. The Morgan fingerprint density at radius 1 is 1.58 bits per heavy atom. The van der Waals surface area contributed by atoms with Crippen molar-refractivity contribution in [3.05, 3.63) is 0 Å². The molecular weight excluding hydrogens is 180 g/mol. The van der Waals surface area contributed by atoms with Crippen LogP contribution in [0.4, 0.5) is 4.79 Å². The summed E-state index contributed by atoms with van der Waals surface area (Å²) in [4.78, 5) is 12.1. The van der Waals surface area contributed by atoms with Crippen LogP contribution >= 0.6 is 12.4 Å². The van der Waals surface area contributed by atoms with Gasteiger partial charge in [0.1, 0.15) is 0 Å². The zero-order valence-electron chi connectivity index (χ0n) is 7.28. The fourth-order valence-corrected chi connectivity index (χ4v) is 1.29. The molecule has 0 unspecified atom stereocenters. The van der Waals surface area contributed by atoms with E-state index in [0.29, 0.717) is 6.54 Å². The molecular formula is C7H15ClN2O2. The Kier molecular flexibility index (Phi) is 4.34. The van der Waals surface area contributed by atoms with Crippen LogP contribution in [-0.4, -0.2) is 41.3 Å². The largest absolute Gasteiger partial charge is 0.465 e. The molecule has 1 heterocycles. The van der Waals surface area contributed by atoms with Crippen LogP contribution in [0, 0.1) is 0 Å². The van der Waals surface area contributed by atoms with Crippen molar-refractivity contribution in [2.24, 2.45) is 0 Å². The zero-order valence-corrected chi connectivity index (χ0v) is 8.10. The number of nitrogens with one attached hydrogen (secondary N) is 1. The molecule has 0 aromatic carbocycles. The smallest absolute Gasteiger partial charge is 0.407 e. The van der Waals surface area contributed by atoms with Gasteiger partial charge in [0.25, 0.3) is 0 Å². The first-order valence-electron chi connectivity index (χ1n) is 3.84. The van der Waals surface area contributed by atoms with Crippen molar-refractivity contribution in [2.75, 3.05) is 13.1 Å². The predicted octanol–water partition coefficient (Wildman–Crippen LogP) is 0.768. The van der Waals surface area contributed by atoms with Crippen LogP contribution in [0.3, 0.4) is 0 Å². The van der Waals surface area contributed by atoms with Gasteiger partial charge in [-0.15, -0.1) is 12.4 Å². The molecule has 0 spiro atoms. The van der Waals surface area contributed by atoms with Crippen molar-refractivity contribution in [2.45, 2.75) is 25.9 Å². The molecule has 0 saturated carbocycles. The van der Waals surface area contributed by atoms with Gasteiger partial charge in [-0.1, -0.05) is 0 Å². The van der Waals surface area contributed by atoms with Crippen molar-refractivity contribution in [3.8, 4) is 0 Å². The van der Waals surface area contributed by atoms with Crippen molar-refractivity contribution >= 4 is 18.5 Å². The van der Waals surface area contributed by atoms with E-state index in [9.17, 15) is 4.79 Å². The first kappa shape index (κ1) is 11.5. The minimum absolute atomic E-state index is 0. The van der Waals surface area contributed by atoms with Crippen LogP contribution < -0.4 is 5.32 Å². The molecule has 0 aromatic heterocycles. The first-order valence-corrected chi connectivity index (χ1v) is 3.84. The maximum Gasteiger partial charge on any atom is 0.407 e. The second-order valence-electron chi connectivity index (χ2n) is 3.09. The molecule has 1 aliphatic heterocycles. The van der Waals surface area contributed by atoms with Crippen LogP contribution in [0.2, 0.25) is 0 Å². The molecule has 2 N–H and O–H groups in total. The van der Waals surface area contributed by atoms with Crippen LogP contribution in [-0.2, 0) is 0 Å². The molecule has 72 valence electrons. The van der Waals surface area contributed by atoms with Gasteiger partial charge in [0, 0.05) is 25.2 Å². The molecule has 0 aliphatic carbocycles. The third-order valence-corrected chi connectivity index (χ3v) is 2.01. The second-order valence-corrected chi connectivity index (χ2v) is 3.09. The van der Waals surface area contributed by atoms with Gasteiger partial charge in [-0.2, -0.15) is 0 Å². The normalized spacial score (nSPS) is 29.3. The molecule has 0 radical (unpaired) electrons. The summed E-state index contributed by atoms with van der Waals surface area (Å²) in [5, 5.41) is 11.9. The summed E-state index contributed by atoms with van der Waals surface area (Å²) >= 11 is 0. The Morgan fingerprint density at radius 3 is 2.58 bits per heavy atom. The lowest BCUT2D eigenvalue weighted by atomic mass is 10.1. The van der Waals surface area contributed by atoms with Gasteiger partial charge in [-0.3, -0.25) is 0 Å². The van der Waals surface area contributed by atoms with Crippen molar-refractivity contribution in [1.82, 2.24) is 10.2 Å². The minimum Gasteiger partial charge on any atom is -0.465 e. The second kappa shape index (κ2) is 4.52. The van der Waals surface area contributed by atoms with Gasteiger partial charge < -0.3 is 15.3 Å². The molecule has 0 aromatic rings. The highest BCUT2D eigenvalue weighted by Gasteiger charge is 2.25. The average Bonchev–Trinajstić information content (AvgIpc) is 1.94. The lowest BCUT2D eigenvalue weighted by Crippen LogP contribution is -2.55. The van der Waals surface area contributed by atoms with E-state index in [4.69, 9.17) is 5.11 Å². The van der Waals surface area contributed by atoms with Crippen LogP contribution in [0.5, 0.6) is 0 Å².